The molecule has 0 radical (unpaired) electrons. The van der Waals surface area contributed by atoms with Gasteiger partial charge in [0.15, 0.2) is 0 Å². The largest absolute Gasteiger partial charge is 0.392 e. The number of rotatable bonds is 3. The Labute approximate surface area is 116 Å². The van der Waals surface area contributed by atoms with Crippen LogP contribution in [-0.4, -0.2) is 14.9 Å². The first-order chi connectivity index (χ1) is 8.52. The summed E-state index contributed by atoms with van der Waals surface area (Å²) >= 11 is 12.1. The molecule has 0 unspecified atom stereocenters. The maximum atomic E-state index is 9.28. The van der Waals surface area contributed by atoms with Gasteiger partial charge in [0.2, 0.25) is 0 Å². The summed E-state index contributed by atoms with van der Waals surface area (Å²) in [5.41, 5.74) is 3.58. The average molecular weight is 285 g/mol. The van der Waals surface area contributed by atoms with Crippen LogP contribution in [0, 0.1) is 13.8 Å². The fourth-order valence-electron chi connectivity index (χ4n) is 1.94. The fraction of sp³-hybridized carbons (Fsp3) is 0.308. The molecule has 0 aliphatic rings. The van der Waals surface area contributed by atoms with Gasteiger partial charge in [0.1, 0.15) is 0 Å². The van der Waals surface area contributed by atoms with Gasteiger partial charge in [-0.15, -0.1) is 0 Å². The third kappa shape index (κ3) is 2.53. The Morgan fingerprint density at radius 1 is 1.28 bits per heavy atom. The molecule has 0 saturated heterocycles. The van der Waals surface area contributed by atoms with Crippen LogP contribution in [0.3, 0.4) is 0 Å². The van der Waals surface area contributed by atoms with Crippen LogP contribution in [-0.2, 0) is 13.2 Å². The predicted octanol–water partition coefficient (Wildman–Crippen LogP) is 3.35. The molecule has 5 heteroatoms. The van der Waals surface area contributed by atoms with E-state index in [1.807, 2.05) is 24.6 Å². The van der Waals surface area contributed by atoms with E-state index < -0.39 is 0 Å². The van der Waals surface area contributed by atoms with Gasteiger partial charge in [-0.3, -0.25) is 4.68 Å². The highest BCUT2D eigenvalue weighted by atomic mass is 35.5. The van der Waals surface area contributed by atoms with E-state index >= 15 is 0 Å². The molecule has 0 atom stereocenters. The van der Waals surface area contributed by atoms with Crippen molar-refractivity contribution < 1.29 is 5.11 Å². The SMILES string of the molecule is Cc1nn(Cc2cc(Cl)ccc2Cl)c(C)c1CO. The van der Waals surface area contributed by atoms with E-state index in [0.717, 1.165) is 22.5 Å². The van der Waals surface area contributed by atoms with E-state index in [2.05, 4.69) is 5.10 Å². The molecule has 0 spiro atoms. The lowest BCUT2D eigenvalue weighted by atomic mass is 10.2. The van der Waals surface area contributed by atoms with Crippen LogP contribution in [0.2, 0.25) is 10.0 Å². The minimum Gasteiger partial charge on any atom is -0.392 e. The second-order valence-electron chi connectivity index (χ2n) is 4.20. The molecule has 0 saturated carbocycles. The molecule has 0 aliphatic heterocycles. The lowest BCUT2D eigenvalue weighted by molar-refractivity contribution is 0.280. The van der Waals surface area contributed by atoms with Crippen LogP contribution < -0.4 is 0 Å². The molecule has 96 valence electrons. The van der Waals surface area contributed by atoms with Gasteiger partial charge in [0.05, 0.1) is 18.8 Å². The topological polar surface area (TPSA) is 38.0 Å². The first-order valence-electron chi connectivity index (χ1n) is 5.60. The van der Waals surface area contributed by atoms with Gasteiger partial charge in [-0.2, -0.15) is 5.10 Å². The van der Waals surface area contributed by atoms with E-state index in [9.17, 15) is 5.11 Å². The Morgan fingerprint density at radius 3 is 2.61 bits per heavy atom. The van der Waals surface area contributed by atoms with Crippen LogP contribution in [0.4, 0.5) is 0 Å². The molecule has 0 aliphatic carbocycles. The Hall–Kier alpha value is -1.03. The van der Waals surface area contributed by atoms with Gasteiger partial charge in [0, 0.05) is 21.3 Å². The molecule has 3 nitrogen and oxygen atoms in total. The summed E-state index contributed by atoms with van der Waals surface area (Å²) in [7, 11) is 0. The van der Waals surface area contributed by atoms with E-state index in [-0.39, 0.29) is 6.61 Å². The molecule has 0 amide bonds. The first-order valence-corrected chi connectivity index (χ1v) is 6.36. The van der Waals surface area contributed by atoms with Gasteiger partial charge >= 0.3 is 0 Å². The highest BCUT2D eigenvalue weighted by Gasteiger charge is 2.12. The van der Waals surface area contributed by atoms with Crippen molar-refractivity contribution in [3.63, 3.8) is 0 Å². The summed E-state index contributed by atoms with van der Waals surface area (Å²) in [5, 5.41) is 15.0. The second-order valence-corrected chi connectivity index (χ2v) is 5.04. The minimum absolute atomic E-state index is 0.000937. The molecule has 18 heavy (non-hydrogen) atoms. The number of benzene rings is 1. The van der Waals surface area contributed by atoms with Crippen molar-refractivity contribution >= 4 is 23.2 Å². The number of halogens is 2. The van der Waals surface area contributed by atoms with Gasteiger partial charge in [-0.25, -0.2) is 0 Å². The van der Waals surface area contributed by atoms with E-state index in [1.165, 1.54) is 0 Å². The molecule has 1 aromatic heterocycles. The van der Waals surface area contributed by atoms with Gasteiger partial charge < -0.3 is 5.11 Å². The predicted molar refractivity (Wildman–Crippen MR) is 73.2 cm³/mol. The molecule has 1 N–H and O–H groups in total. The van der Waals surface area contributed by atoms with Crippen molar-refractivity contribution in [2.45, 2.75) is 27.0 Å². The van der Waals surface area contributed by atoms with Crippen LogP contribution in [0.15, 0.2) is 18.2 Å². The number of hydrogen-bond acceptors (Lipinski definition) is 2. The van der Waals surface area contributed by atoms with Crippen molar-refractivity contribution in [1.82, 2.24) is 9.78 Å². The normalized spacial score (nSPS) is 10.9. The monoisotopic (exact) mass is 284 g/mol. The molecule has 0 bridgehead atoms. The Bertz CT molecular complexity index is 579. The molecular formula is C13H14Cl2N2O. The standard InChI is InChI=1S/C13H14Cl2N2O/c1-8-12(7-18)9(2)17(16-8)6-10-5-11(14)3-4-13(10)15/h3-5,18H,6-7H2,1-2H3. The third-order valence-corrected chi connectivity index (χ3v) is 3.62. The van der Waals surface area contributed by atoms with Gasteiger partial charge in [-0.1, -0.05) is 23.2 Å². The van der Waals surface area contributed by atoms with Gasteiger partial charge in [0.25, 0.3) is 0 Å². The average Bonchev–Trinajstić information content (AvgIpc) is 2.59. The van der Waals surface area contributed by atoms with E-state index in [4.69, 9.17) is 23.2 Å². The highest BCUT2D eigenvalue weighted by Crippen LogP contribution is 2.23. The quantitative estimate of drug-likeness (QED) is 0.939. The van der Waals surface area contributed by atoms with E-state index in [1.54, 1.807) is 12.1 Å². The number of aromatic nitrogens is 2. The lowest BCUT2D eigenvalue weighted by Gasteiger charge is -2.07. The zero-order valence-electron chi connectivity index (χ0n) is 10.2. The fourth-order valence-corrected chi connectivity index (χ4v) is 2.31. The van der Waals surface area contributed by atoms with Crippen molar-refractivity contribution in [1.29, 1.82) is 0 Å². The maximum Gasteiger partial charge on any atom is 0.0718 e. The molecule has 0 fully saturated rings. The number of aliphatic hydroxyl groups is 1. The van der Waals surface area contributed by atoms with Gasteiger partial charge in [-0.05, 0) is 37.6 Å². The zero-order valence-corrected chi connectivity index (χ0v) is 11.8. The smallest absolute Gasteiger partial charge is 0.0718 e. The summed E-state index contributed by atoms with van der Waals surface area (Å²) in [6.45, 7) is 4.37. The van der Waals surface area contributed by atoms with Crippen LogP contribution in [0.5, 0.6) is 0 Å². The summed E-state index contributed by atoms with van der Waals surface area (Å²) in [6.07, 6.45) is 0. The van der Waals surface area contributed by atoms with Crippen molar-refractivity contribution in [3.8, 4) is 0 Å². The number of nitrogens with zero attached hydrogens (tertiary/aromatic N) is 2. The van der Waals surface area contributed by atoms with E-state index in [0.29, 0.717) is 16.6 Å². The highest BCUT2D eigenvalue weighted by molar-refractivity contribution is 6.33. The summed E-state index contributed by atoms with van der Waals surface area (Å²) in [5.74, 6) is 0. The third-order valence-electron chi connectivity index (χ3n) is 3.02. The molecule has 2 aromatic rings. The minimum atomic E-state index is 0.000937. The Kier molecular flexibility index (Phi) is 3.95. The maximum absolute atomic E-state index is 9.28. The van der Waals surface area contributed by atoms with Crippen molar-refractivity contribution in [2.24, 2.45) is 0 Å². The Balaban J connectivity index is 2.37. The molecule has 2 rings (SSSR count). The number of hydrogen-bond donors (Lipinski definition) is 1. The van der Waals surface area contributed by atoms with Crippen LogP contribution >= 0.6 is 23.2 Å². The first kappa shape index (κ1) is 13.4. The number of aliphatic hydroxyl groups excluding tert-OH is 1. The molecule has 1 aromatic carbocycles. The molecule has 1 heterocycles. The number of aryl methyl sites for hydroxylation is 1. The zero-order chi connectivity index (χ0) is 13.3. The summed E-state index contributed by atoms with van der Waals surface area (Å²) in [4.78, 5) is 0. The summed E-state index contributed by atoms with van der Waals surface area (Å²) in [6, 6.07) is 5.37. The second kappa shape index (κ2) is 5.31. The van der Waals surface area contributed by atoms with Crippen molar-refractivity contribution in [3.05, 3.63) is 50.8 Å². The lowest BCUT2D eigenvalue weighted by Crippen LogP contribution is -2.05. The van der Waals surface area contributed by atoms with Crippen LogP contribution in [0.25, 0.3) is 0 Å². The Morgan fingerprint density at radius 2 is 2.00 bits per heavy atom. The van der Waals surface area contributed by atoms with Crippen molar-refractivity contribution in [2.75, 3.05) is 0 Å². The molecular weight excluding hydrogens is 271 g/mol. The van der Waals surface area contributed by atoms with Crippen LogP contribution in [0.1, 0.15) is 22.5 Å². The summed E-state index contributed by atoms with van der Waals surface area (Å²) < 4.78 is 1.83.